The molecule has 0 spiro atoms. The summed E-state index contributed by atoms with van der Waals surface area (Å²) in [5.41, 5.74) is 0.000666. The number of aliphatic carboxylic acids is 1. The Bertz CT molecular complexity index is 1210. The number of nitrogens with zero attached hydrogens (tertiary/aromatic N) is 2. The van der Waals surface area contributed by atoms with Gasteiger partial charge in [-0.1, -0.05) is 30.1 Å². The van der Waals surface area contributed by atoms with Crippen LogP contribution in [0.1, 0.15) is 30.1 Å². The molecule has 1 unspecified atom stereocenters. The maximum atomic E-state index is 12.8. The maximum absolute atomic E-state index is 12.8. The molecule has 0 amide bonds. The lowest BCUT2D eigenvalue weighted by atomic mass is 10.0. The summed E-state index contributed by atoms with van der Waals surface area (Å²) >= 11 is 11.8. The van der Waals surface area contributed by atoms with Crippen LogP contribution in [0.25, 0.3) is 0 Å². The van der Waals surface area contributed by atoms with Gasteiger partial charge in [0.05, 0.1) is 26.2 Å². The van der Waals surface area contributed by atoms with Crippen LogP contribution in [0.2, 0.25) is 10.0 Å². The summed E-state index contributed by atoms with van der Waals surface area (Å²) in [5.74, 6) is -3.12. The van der Waals surface area contributed by atoms with Gasteiger partial charge in [0, 0.05) is 19.3 Å². The van der Waals surface area contributed by atoms with Gasteiger partial charge in [-0.3, -0.25) is 4.72 Å². The van der Waals surface area contributed by atoms with Crippen LogP contribution >= 0.6 is 23.2 Å². The minimum atomic E-state index is -5.08. The van der Waals surface area contributed by atoms with Gasteiger partial charge < -0.3 is 15.1 Å². The van der Waals surface area contributed by atoms with Gasteiger partial charge >= 0.3 is 18.1 Å². The SMILES string of the molecule is CC1CCCN(c2ncc(C(=O)O)cc2NS(=O)(=O)c2ccc(Cl)c(Cl)c2)C1.O=C(O)C(F)(F)F. The number of sulfonamides is 1. The van der Waals surface area contributed by atoms with E-state index in [-0.39, 0.29) is 26.2 Å². The summed E-state index contributed by atoms with van der Waals surface area (Å²) in [6.07, 6.45) is -1.83. The number of carboxylic acid groups (broad SMARTS) is 2. The third-order valence-electron chi connectivity index (χ3n) is 4.76. The number of aromatic nitrogens is 1. The van der Waals surface area contributed by atoms with Crippen molar-refractivity contribution in [3.8, 4) is 0 Å². The molecule has 3 N–H and O–H groups in total. The minimum absolute atomic E-state index is 0.0828. The van der Waals surface area contributed by atoms with E-state index >= 15 is 0 Å². The summed E-state index contributed by atoms with van der Waals surface area (Å²) in [6.45, 7) is 3.53. The lowest BCUT2D eigenvalue weighted by molar-refractivity contribution is -0.192. The molecule has 1 fully saturated rings. The molecule has 35 heavy (non-hydrogen) atoms. The molecule has 0 aliphatic carbocycles. The Hall–Kier alpha value is -2.77. The zero-order valence-electron chi connectivity index (χ0n) is 18.0. The van der Waals surface area contributed by atoms with Gasteiger partial charge in [0.15, 0.2) is 5.82 Å². The fourth-order valence-corrected chi connectivity index (χ4v) is 4.57. The Kier molecular flexibility index (Phi) is 9.20. The second kappa shape index (κ2) is 11.3. The standard InChI is InChI=1S/C18H19Cl2N3O4S.C2HF3O2/c1-11-3-2-6-23(10-11)17-16(7-12(9-21-17)18(24)25)22-28(26,27)13-4-5-14(19)15(20)8-13;3-2(4,5)1(6)7/h4-5,7-9,11,22H,2-3,6,10H2,1H3,(H,24,25);(H,6,7). The number of halogens is 5. The molecule has 1 aliphatic heterocycles. The van der Waals surface area contributed by atoms with Crippen molar-refractivity contribution in [2.45, 2.75) is 30.8 Å². The highest BCUT2D eigenvalue weighted by molar-refractivity contribution is 7.92. The van der Waals surface area contributed by atoms with E-state index in [9.17, 15) is 31.5 Å². The van der Waals surface area contributed by atoms with Gasteiger partial charge in [0.2, 0.25) is 0 Å². The number of anilines is 2. The van der Waals surface area contributed by atoms with E-state index in [1.807, 2.05) is 4.90 Å². The Balaban J connectivity index is 0.000000540. The van der Waals surface area contributed by atoms with E-state index in [0.717, 1.165) is 12.8 Å². The van der Waals surface area contributed by atoms with Gasteiger partial charge in [0.1, 0.15) is 0 Å². The van der Waals surface area contributed by atoms with Gasteiger partial charge in [-0.05, 0) is 43.0 Å². The molecule has 0 saturated carbocycles. The van der Waals surface area contributed by atoms with Crippen molar-refractivity contribution < 1.29 is 41.4 Å². The number of benzene rings is 1. The van der Waals surface area contributed by atoms with E-state index in [4.69, 9.17) is 33.1 Å². The van der Waals surface area contributed by atoms with Gasteiger partial charge in [-0.15, -0.1) is 0 Å². The topological polar surface area (TPSA) is 137 Å². The molecule has 1 aliphatic rings. The van der Waals surface area contributed by atoms with E-state index < -0.39 is 28.1 Å². The third kappa shape index (κ3) is 7.87. The highest BCUT2D eigenvalue weighted by Crippen LogP contribution is 2.32. The molecule has 1 aromatic heterocycles. The van der Waals surface area contributed by atoms with Crippen molar-refractivity contribution in [2.75, 3.05) is 22.7 Å². The van der Waals surface area contributed by atoms with Crippen LogP contribution in [-0.2, 0) is 14.8 Å². The molecule has 3 rings (SSSR count). The predicted molar refractivity (Wildman–Crippen MR) is 123 cm³/mol. The largest absolute Gasteiger partial charge is 0.490 e. The minimum Gasteiger partial charge on any atom is -0.478 e. The molecular weight excluding hydrogens is 538 g/mol. The Morgan fingerprint density at radius 3 is 2.31 bits per heavy atom. The molecule has 1 atom stereocenters. The third-order valence-corrected chi connectivity index (χ3v) is 6.86. The van der Waals surface area contributed by atoms with Gasteiger partial charge in [-0.2, -0.15) is 13.2 Å². The number of aromatic carboxylic acids is 1. The number of pyridine rings is 1. The molecule has 1 saturated heterocycles. The second-order valence-electron chi connectivity index (χ2n) is 7.58. The maximum Gasteiger partial charge on any atom is 0.490 e. The number of hydrogen-bond donors (Lipinski definition) is 3. The summed E-state index contributed by atoms with van der Waals surface area (Å²) in [6, 6.07) is 5.23. The van der Waals surface area contributed by atoms with Crippen LogP contribution in [-0.4, -0.2) is 54.8 Å². The second-order valence-corrected chi connectivity index (χ2v) is 10.1. The molecule has 9 nitrogen and oxygen atoms in total. The first kappa shape index (κ1) is 28.5. The zero-order chi connectivity index (χ0) is 26.6. The zero-order valence-corrected chi connectivity index (χ0v) is 20.3. The highest BCUT2D eigenvalue weighted by Gasteiger charge is 2.38. The van der Waals surface area contributed by atoms with E-state index in [1.54, 1.807) is 0 Å². The van der Waals surface area contributed by atoms with Crippen LogP contribution < -0.4 is 9.62 Å². The molecule has 192 valence electrons. The monoisotopic (exact) mass is 557 g/mol. The fourth-order valence-electron chi connectivity index (χ4n) is 3.13. The molecule has 2 aromatic rings. The molecule has 0 bridgehead atoms. The smallest absolute Gasteiger partial charge is 0.478 e. The average Bonchev–Trinajstić information content (AvgIpc) is 2.75. The summed E-state index contributed by atoms with van der Waals surface area (Å²) < 4.78 is 59.9. The van der Waals surface area contributed by atoms with Crippen molar-refractivity contribution in [1.82, 2.24) is 4.98 Å². The summed E-state index contributed by atoms with van der Waals surface area (Å²) in [7, 11) is -4.02. The number of nitrogens with one attached hydrogen (secondary N) is 1. The van der Waals surface area contributed by atoms with Crippen LogP contribution in [0.3, 0.4) is 0 Å². The molecule has 0 radical (unpaired) electrons. The number of piperidine rings is 1. The van der Waals surface area contributed by atoms with E-state index in [0.29, 0.717) is 24.8 Å². The average molecular weight is 558 g/mol. The number of hydrogen-bond acceptors (Lipinski definition) is 6. The fraction of sp³-hybridized carbons (Fsp3) is 0.350. The van der Waals surface area contributed by atoms with E-state index in [2.05, 4.69) is 16.6 Å². The lowest BCUT2D eigenvalue weighted by Crippen LogP contribution is -2.35. The first-order chi connectivity index (χ1) is 16.1. The van der Waals surface area contributed by atoms with Crippen molar-refractivity contribution in [1.29, 1.82) is 0 Å². The lowest BCUT2D eigenvalue weighted by Gasteiger charge is -2.33. The first-order valence-electron chi connectivity index (χ1n) is 9.88. The van der Waals surface area contributed by atoms with Crippen LogP contribution in [0.4, 0.5) is 24.7 Å². The van der Waals surface area contributed by atoms with Crippen LogP contribution in [0, 0.1) is 5.92 Å². The quantitative estimate of drug-likeness (QED) is 0.478. The summed E-state index contributed by atoms with van der Waals surface area (Å²) in [4.78, 5) is 26.4. The molecule has 2 heterocycles. The first-order valence-corrected chi connectivity index (χ1v) is 12.1. The predicted octanol–water partition coefficient (Wildman–Crippen LogP) is 4.76. The van der Waals surface area contributed by atoms with Crippen LogP contribution in [0.5, 0.6) is 0 Å². The van der Waals surface area contributed by atoms with Gasteiger partial charge in [-0.25, -0.2) is 23.0 Å². The van der Waals surface area contributed by atoms with Gasteiger partial charge in [0.25, 0.3) is 10.0 Å². The van der Waals surface area contributed by atoms with Crippen molar-refractivity contribution >= 4 is 56.7 Å². The van der Waals surface area contributed by atoms with Crippen LogP contribution in [0.15, 0.2) is 35.4 Å². The Labute approximate surface area is 208 Å². The number of rotatable bonds is 5. The van der Waals surface area contributed by atoms with E-state index in [1.165, 1.54) is 30.5 Å². The molecule has 1 aromatic carbocycles. The molecule has 15 heteroatoms. The van der Waals surface area contributed by atoms with Crippen molar-refractivity contribution in [3.63, 3.8) is 0 Å². The van der Waals surface area contributed by atoms with Crippen molar-refractivity contribution in [3.05, 3.63) is 46.1 Å². The Morgan fingerprint density at radius 1 is 1.17 bits per heavy atom. The van der Waals surface area contributed by atoms with Crippen molar-refractivity contribution in [2.24, 2.45) is 5.92 Å². The number of carbonyl (C=O) groups is 2. The summed E-state index contributed by atoms with van der Waals surface area (Å²) in [5, 5.41) is 16.7. The molecular formula is C20H20Cl2F3N3O6S. The number of carboxylic acids is 2. The number of alkyl halides is 3. The normalized spacial score (nSPS) is 16.2. The highest BCUT2D eigenvalue weighted by atomic mass is 35.5. The Morgan fingerprint density at radius 2 is 1.80 bits per heavy atom.